The molecule has 3 aromatic rings. The molecule has 0 aromatic heterocycles. The summed E-state index contributed by atoms with van der Waals surface area (Å²) in [5.74, 6) is 0. The van der Waals surface area contributed by atoms with Crippen LogP contribution in [-0.4, -0.2) is 12.2 Å². The summed E-state index contributed by atoms with van der Waals surface area (Å²) in [5.41, 5.74) is 6.13. The van der Waals surface area contributed by atoms with E-state index < -0.39 is 0 Å². The van der Waals surface area contributed by atoms with Gasteiger partial charge in [-0.2, -0.15) is 0 Å². The monoisotopic (exact) mass is 340 g/mol. The van der Waals surface area contributed by atoms with Gasteiger partial charge in [-0.15, -0.1) is 0 Å². The van der Waals surface area contributed by atoms with Gasteiger partial charge in [-0.1, -0.05) is 72.8 Å². The Kier molecular flexibility index (Phi) is 5.64. The summed E-state index contributed by atoms with van der Waals surface area (Å²) in [5, 5.41) is 0. The third-order valence-corrected chi connectivity index (χ3v) is 4.17. The van der Waals surface area contributed by atoms with Crippen LogP contribution in [0.25, 0.3) is 22.3 Å². The molecule has 0 saturated heterocycles. The predicted molar refractivity (Wildman–Crippen MR) is 101 cm³/mol. The van der Waals surface area contributed by atoms with Crippen molar-refractivity contribution in [2.45, 2.75) is 13.1 Å². The number of aliphatic imine (C=N–C) groups is 2. The molecular weight excluding hydrogens is 324 g/mol. The maximum atomic E-state index is 10.4. The fraction of sp³-hybridized carbons (Fsp3) is 0.0909. The zero-order chi connectivity index (χ0) is 18.2. The quantitative estimate of drug-likeness (QED) is 0.483. The van der Waals surface area contributed by atoms with Gasteiger partial charge in [0.15, 0.2) is 0 Å². The second-order valence-electron chi connectivity index (χ2n) is 5.71. The van der Waals surface area contributed by atoms with Crippen molar-refractivity contribution in [3.63, 3.8) is 0 Å². The lowest BCUT2D eigenvalue weighted by atomic mass is 9.95. The van der Waals surface area contributed by atoms with Gasteiger partial charge in [-0.25, -0.2) is 19.6 Å². The fourth-order valence-electron chi connectivity index (χ4n) is 2.94. The van der Waals surface area contributed by atoms with Crippen molar-refractivity contribution < 1.29 is 9.59 Å². The second-order valence-corrected chi connectivity index (χ2v) is 5.71. The van der Waals surface area contributed by atoms with E-state index in [4.69, 9.17) is 0 Å². The molecule has 0 saturated carbocycles. The highest BCUT2D eigenvalue weighted by molar-refractivity contribution is 5.73. The number of isocyanates is 2. The first kappa shape index (κ1) is 17.2. The Balaban J connectivity index is 1.96. The minimum atomic E-state index is 0.313. The van der Waals surface area contributed by atoms with E-state index in [1.54, 1.807) is 12.2 Å². The van der Waals surface area contributed by atoms with Crippen LogP contribution in [0, 0.1) is 0 Å². The third-order valence-electron chi connectivity index (χ3n) is 4.17. The van der Waals surface area contributed by atoms with Crippen molar-refractivity contribution in [2.24, 2.45) is 9.98 Å². The minimum Gasteiger partial charge on any atom is -0.211 e. The Morgan fingerprint density at radius 2 is 0.962 bits per heavy atom. The van der Waals surface area contributed by atoms with Crippen LogP contribution in [-0.2, 0) is 22.7 Å². The molecule has 0 radical (unpaired) electrons. The summed E-state index contributed by atoms with van der Waals surface area (Å²) in [4.78, 5) is 28.2. The number of rotatable bonds is 6. The maximum Gasteiger partial charge on any atom is 0.235 e. The molecule has 0 amide bonds. The van der Waals surface area contributed by atoms with E-state index in [1.165, 1.54) is 0 Å². The molecule has 4 heteroatoms. The van der Waals surface area contributed by atoms with E-state index in [1.807, 2.05) is 72.8 Å². The van der Waals surface area contributed by atoms with Crippen LogP contribution in [0.2, 0.25) is 0 Å². The molecule has 0 aliphatic rings. The van der Waals surface area contributed by atoms with E-state index in [2.05, 4.69) is 9.98 Å². The molecule has 26 heavy (non-hydrogen) atoms. The largest absolute Gasteiger partial charge is 0.235 e. The molecule has 0 fully saturated rings. The number of benzene rings is 3. The van der Waals surface area contributed by atoms with Gasteiger partial charge < -0.3 is 0 Å². The van der Waals surface area contributed by atoms with E-state index in [0.29, 0.717) is 13.1 Å². The minimum absolute atomic E-state index is 0.313. The molecule has 0 N–H and O–H groups in total. The maximum absolute atomic E-state index is 10.4. The van der Waals surface area contributed by atoms with E-state index in [0.717, 1.165) is 33.4 Å². The standard InChI is InChI=1S/C22H16N2O2/c25-15-23-13-19-5-1-3-7-21(19)17-9-11-18(12-10-17)22-8-4-2-6-20(22)14-24-16-26/h1-12H,13-14H2. The zero-order valence-electron chi connectivity index (χ0n) is 14.1. The lowest BCUT2D eigenvalue weighted by molar-refractivity contribution is 0.562. The Labute approximate surface area is 151 Å². The molecule has 4 nitrogen and oxygen atoms in total. The van der Waals surface area contributed by atoms with Crippen LogP contribution in [0.1, 0.15) is 11.1 Å². The van der Waals surface area contributed by atoms with Crippen LogP contribution in [0.15, 0.2) is 82.8 Å². The molecule has 126 valence electrons. The normalized spacial score (nSPS) is 9.85. The summed E-state index contributed by atoms with van der Waals surface area (Å²) in [6.07, 6.45) is 3.17. The molecule has 3 rings (SSSR count). The van der Waals surface area contributed by atoms with Crippen molar-refractivity contribution >= 4 is 12.2 Å². The molecular formula is C22H16N2O2. The number of hydrogen-bond acceptors (Lipinski definition) is 4. The van der Waals surface area contributed by atoms with Crippen LogP contribution in [0.5, 0.6) is 0 Å². The van der Waals surface area contributed by atoms with Gasteiger partial charge in [0.2, 0.25) is 12.2 Å². The average Bonchev–Trinajstić information content (AvgIpc) is 2.71. The first-order chi connectivity index (χ1) is 12.8. The topological polar surface area (TPSA) is 58.9 Å². The molecule has 0 atom stereocenters. The number of carbonyl (C=O) groups excluding carboxylic acids is 2. The molecule has 0 heterocycles. The molecule has 0 aliphatic heterocycles. The highest BCUT2D eigenvalue weighted by Gasteiger charge is 2.07. The molecule has 0 unspecified atom stereocenters. The first-order valence-electron chi connectivity index (χ1n) is 8.17. The smallest absolute Gasteiger partial charge is 0.211 e. The van der Waals surface area contributed by atoms with Gasteiger partial charge in [-0.3, -0.25) is 0 Å². The summed E-state index contributed by atoms with van der Waals surface area (Å²) >= 11 is 0. The van der Waals surface area contributed by atoms with Crippen molar-refractivity contribution in [2.75, 3.05) is 0 Å². The average molecular weight is 340 g/mol. The molecule has 0 aliphatic carbocycles. The second kappa shape index (κ2) is 8.50. The van der Waals surface area contributed by atoms with Gasteiger partial charge in [0.05, 0.1) is 13.1 Å². The van der Waals surface area contributed by atoms with Gasteiger partial charge in [0.1, 0.15) is 0 Å². The summed E-state index contributed by atoms with van der Waals surface area (Å²) in [7, 11) is 0. The Bertz CT molecular complexity index is 914. The van der Waals surface area contributed by atoms with Gasteiger partial charge in [0.25, 0.3) is 0 Å². The van der Waals surface area contributed by atoms with Crippen LogP contribution < -0.4 is 0 Å². The highest BCUT2D eigenvalue weighted by Crippen LogP contribution is 2.29. The lowest BCUT2D eigenvalue weighted by Crippen LogP contribution is -1.90. The summed E-state index contributed by atoms with van der Waals surface area (Å²) in [6.45, 7) is 0.627. The Morgan fingerprint density at radius 3 is 1.35 bits per heavy atom. The van der Waals surface area contributed by atoms with Crippen LogP contribution >= 0.6 is 0 Å². The van der Waals surface area contributed by atoms with Crippen molar-refractivity contribution in [3.05, 3.63) is 83.9 Å². The van der Waals surface area contributed by atoms with Gasteiger partial charge >= 0.3 is 0 Å². The molecule has 3 aromatic carbocycles. The SMILES string of the molecule is O=C=NCc1ccccc1-c1ccc(-c2ccccc2CN=C=O)cc1. The summed E-state index contributed by atoms with van der Waals surface area (Å²) < 4.78 is 0. The van der Waals surface area contributed by atoms with E-state index >= 15 is 0 Å². The summed E-state index contributed by atoms with van der Waals surface area (Å²) in [6, 6.07) is 23.9. The molecule has 0 spiro atoms. The number of hydrogen-bond donors (Lipinski definition) is 0. The van der Waals surface area contributed by atoms with Crippen LogP contribution in [0.4, 0.5) is 0 Å². The Morgan fingerprint density at radius 1 is 0.577 bits per heavy atom. The van der Waals surface area contributed by atoms with Crippen molar-refractivity contribution in [1.82, 2.24) is 0 Å². The predicted octanol–water partition coefficient (Wildman–Crippen LogP) is 4.69. The Hall–Kier alpha value is -3.58. The third kappa shape index (κ3) is 3.90. The highest BCUT2D eigenvalue weighted by atomic mass is 16.1. The van der Waals surface area contributed by atoms with E-state index in [-0.39, 0.29) is 0 Å². The van der Waals surface area contributed by atoms with Gasteiger partial charge in [0, 0.05) is 0 Å². The van der Waals surface area contributed by atoms with Crippen LogP contribution in [0.3, 0.4) is 0 Å². The van der Waals surface area contributed by atoms with Gasteiger partial charge in [-0.05, 0) is 33.4 Å². The number of nitrogens with zero attached hydrogens (tertiary/aromatic N) is 2. The van der Waals surface area contributed by atoms with E-state index in [9.17, 15) is 9.59 Å². The van der Waals surface area contributed by atoms with Crippen molar-refractivity contribution in [1.29, 1.82) is 0 Å². The zero-order valence-corrected chi connectivity index (χ0v) is 14.1. The fourth-order valence-corrected chi connectivity index (χ4v) is 2.94. The van der Waals surface area contributed by atoms with Crippen molar-refractivity contribution in [3.8, 4) is 22.3 Å². The molecule has 0 bridgehead atoms. The lowest BCUT2D eigenvalue weighted by Gasteiger charge is -2.10. The first-order valence-corrected chi connectivity index (χ1v) is 8.17.